The third kappa shape index (κ3) is 2.38. The van der Waals surface area contributed by atoms with Crippen LogP contribution in [0.1, 0.15) is 18.1 Å². The second kappa shape index (κ2) is 5.19. The quantitative estimate of drug-likeness (QED) is 0.800. The average molecular weight is 280 g/mol. The van der Waals surface area contributed by atoms with Crippen molar-refractivity contribution >= 4 is 0 Å². The van der Waals surface area contributed by atoms with E-state index in [1.165, 1.54) is 38.3 Å². The molecule has 0 heterocycles. The molecule has 0 aliphatic carbocycles. The molecule has 0 bridgehead atoms. The SMILES string of the molecule is COc1ccc(C(C)(c2ccccc2)C(F)(F)F)cc1. The van der Waals surface area contributed by atoms with Crippen molar-refractivity contribution in [1.82, 2.24) is 0 Å². The molecule has 0 amide bonds. The molecule has 0 saturated carbocycles. The first kappa shape index (κ1) is 14.4. The van der Waals surface area contributed by atoms with Crippen LogP contribution in [0.4, 0.5) is 13.2 Å². The summed E-state index contributed by atoms with van der Waals surface area (Å²) in [4.78, 5) is 0. The fourth-order valence-corrected chi connectivity index (χ4v) is 2.19. The van der Waals surface area contributed by atoms with E-state index in [-0.39, 0.29) is 11.1 Å². The van der Waals surface area contributed by atoms with Crippen LogP contribution >= 0.6 is 0 Å². The van der Waals surface area contributed by atoms with E-state index in [1.807, 2.05) is 0 Å². The third-order valence-electron chi connectivity index (χ3n) is 3.59. The van der Waals surface area contributed by atoms with Gasteiger partial charge in [-0.05, 0) is 30.2 Å². The maximum atomic E-state index is 13.6. The number of alkyl halides is 3. The summed E-state index contributed by atoms with van der Waals surface area (Å²) in [6, 6.07) is 13.9. The lowest BCUT2D eigenvalue weighted by Gasteiger charge is -2.33. The van der Waals surface area contributed by atoms with Crippen molar-refractivity contribution in [2.75, 3.05) is 7.11 Å². The summed E-state index contributed by atoms with van der Waals surface area (Å²) in [6.07, 6.45) is -4.39. The number of rotatable bonds is 3. The molecule has 106 valence electrons. The first-order valence-electron chi connectivity index (χ1n) is 6.16. The van der Waals surface area contributed by atoms with Gasteiger partial charge in [0.25, 0.3) is 0 Å². The Morgan fingerprint density at radius 3 is 1.75 bits per heavy atom. The van der Waals surface area contributed by atoms with E-state index in [9.17, 15) is 13.2 Å². The number of halogens is 3. The van der Waals surface area contributed by atoms with Gasteiger partial charge < -0.3 is 4.74 Å². The molecule has 0 N–H and O–H groups in total. The smallest absolute Gasteiger partial charge is 0.402 e. The Hall–Kier alpha value is -1.97. The number of benzene rings is 2. The molecule has 2 aromatic rings. The minimum absolute atomic E-state index is 0.192. The van der Waals surface area contributed by atoms with Gasteiger partial charge >= 0.3 is 6.18 Å². The van der Waals surface area contributed by atoms with Crippen molar-refractivity contribution < 1.29 is 17.9 Å². The summed E-state index contributed by atoms with van der Waals surface area (Å²) >= 11 is 0. The van der Waals surface area contributed by atoms with Crippen molar-refractivity contribution in [1.29, 1.82) is 0 Å². The fraction of sp³-hybridized carbons (Fsp3) is 0.250. The standard InChI is InChI=1S/C16H15F3O/c1-15(16(17,18)19,12-6-4-3-5-7-12)13-8-10-14(20-2)11-9-13/h3-11H,1-2H3. The third-order valence-corrected chi connectivity index (χ3v) is 3.59. The zero-order valence-corrected chi connectivity index (χ0v) is 11.2. The van der Waals surface area contributed by atoms with Crippen molar-refractivity contribution in [3.05, 3.63) is 65.7 Å². The highest BCUT2D eigenvalue weighted by atomic mass is 19.4. The number of methoxy groups -OCH3 is 1. The maximum Gasteiger partial charge on any atom is 0.402 e. The van der Waals surface area contributed by atoms with Gasteiger partial charge in [-0.25, -0.2) is 0 Å². The summed E-state index contributed by atoms with van der Waals surface area (Å²) < 4.78 is 45.9. The van der Waals surface area contributed by atoms with Gasteiger partial charge in [0.15, 0.2) is 0 Å². The van der Waals surface area contributed by atoms with E-state index in [1.54, 1.807) is 30.3 Å². The van der Waals surface area contributed by atoms with E-state index < -0.39 is 11.6 Å². The molecular weight excluding hydrogens is 265 g/mol. The van der Waals surface area contributed by atoms with Gasteiger partial charge in [-0.3, -0.25) is 0 Å². The zero-order valence-electron chi connectivity index (χ0n) is 11.2. The van der Waals surface area contributed by atoms with E-state index in [0.717, 1.165) is 0 Å². The second-order valence-electron chi connectivity index (χ2n) is 4.72. The lowest BCUT2D eigenvalue weighted by atomic mass is 9.75. The van der Waals surface area contributed by atoms with Gasteiger partial charge in [-0.2, -0.15) is 13.2 Å². The first-order valence-corrected chi connectivity index (χ1v) is 6.16. The Balaban J connectivity index is 2.58. The number of ether oxygens (including phenoxy) is 1. The Morgan fingerprint density at radius 1 is 0.800 bits per heavy atom. The Bertz CT molecular complexity index is 561. The van der Waals surface area contributed by atoms with Gasteiger partial charge in [-0.1, -0.05) is 42.5 Å². The molecule has 1 unspecified atom stereocenters. The molecule has 0 fully saturated rings. The predicted molar refractivity (Wildman–Crippen MR) is 71.9 cm³/mol. The van der Waals surface area contributed by atoms with E-state index >= 15 is 0 Å². The zero-order chi connectivity index (χ0) is 14.8. The molecule has 0 spiro atoms. The Labute approximate surface area is 116 Å². The summed E-state index contributed by atoms with van der Waals surface area (Å²) in [5.41, 5.74) is -1.63. The van der Waals surface area contributed by atoms with E-state index in [2.05, 4.69) is 0 Å². The Morgan fingerprint density at radius 2 is 1.30 bits per heavy atom. The molecule has 0 aliphatic rings. The molecule has 2 rings (SSSR count). The molecule has 0 saturated heterocycles. The van der Waals surface area contributed by atoms with Crippen LogP contribution in [0.5, 0.6) is 5.75 Å². The molecule has 20 heavy (non-hydrogen) atoms. The van der Waals surface area contributed by atoms with Crippen LogP contribution in [0, 0.1) is 0 Å². The van der Waals surface area contributed by atoms with Gasteiger partial charge in [0.2, 0.25) is 0 Å². The lowest BCUT2D eigenvalue weighted by molar-refractivity contribution is -0.173. The van der Waals surface area contributed by atoms with Crippen molar-refractivity contribution in [3.8, 4) is 5.75 Å². The number of hydrogen-bond donors (Lipinski definition) is 0. The summed E-state index contributed by atoms with van der Waals surface area (Å²) in [6.45, 7) is 1.20. The van der Waals surface area contributed by atoms with Crippen LogP contribution in [0.15, 0.2) is 54.6 Å². The molecule has 1 nitrogen and oxygen atoms in total. The molecule has 1 atom stereocenters. The average Bonchev–Trinajstić information content (AvgIpc) is 2.46. The largest absolute Gasteiger partial charge is 0.497 e. The molecule has 0 aliphatic heterocycles. The van der Waals surface area contributed by atoms with Crippen molar-refractivity contribution in [3.63, 3.8) is 0 Å². The van der Waals surface area contributed by atoms with Crippen LogP contribution in [0.3, 0.4) is 0 Å². The monoisotopic (exact) mass is 280 g/mol. The van der Waals surface area contributed by atoms with E-state index in [4.69, 9.17) is 4.74 Å². The first-order chi connectivity index (χ1) is 9.39. The van der Waals surface area contributed by atoms with Crippen LogP contribution in [0.25, 0.3) is 0 Å². The number of hydrogen-bond acceptors (Lipinski definition) is 1. The second-order valence-corrected chi connectivity index (χ2v) is 4.72. The maximum absolute atomic E-state index is 13.6. The van der Waals surface area contributed by atoms with Crippen molar-refractivity contribution in [2.24, 2.45) is 0 Å². The highest BCUT2D eigenvalue weighted by molar-refractivity contribution is 5.42. The Kier molecular flexibility index (Phi) is 3.75. The summed E-state index contributed by atoms with van der Waals surface area (Å²) in [5.74, 6) is 0.534. The van der Waals surface area contributed by atoms with E-state index in [0.29, 0.717) is 5.75 Å². The van der Waals surface area contributed by atoms with Crippen molar-refractivity contribution in [2.45, 2.75) is 18.5 Å². The highest BCUT2D eigenvalue weighted by Gasteiger charge is 2.53. The lowest BCUT2D eigenvalue weighted by Crippen LogP contribution is -2.40. The minimum atomic E-state index is -4.39. The summed E-state index contributed by atoms with van der Waals surface area (Å²) in [5, 5.41) is 0. The predicted octanol–water partition coefficient (Wildman–Crippen LogP) is 4.56. The fourth-order valence-electron chi connectivity index (χ4n) is 2.19. The topological polar surface area (TPSA) is 9.23 Å². The molecule has 2 aromatic carbocycles. The summed E-state index contributed by atoms with van der Waals surface area (Å²) in [7, 11) is 1.48. The molecule has 4 heteroatoms. The minimum Gasteiger partial charge on any atom is -0.497 e. The van der Waals surface area contributed by atoms with Gasteiger partial charge in [0, 0.05) is 0 Å². The van der Waals surface area contributed by atoms with Crippen LogP contribution in [-0.2, 0) is 5.41 Å². The molecule has 0 radical (unpaired) electrons. The van der Waals surface area contributed by atoms with Crippen LogP contribution < -0.4 is 4.74 Å². The van der Waals surface area contributed by atoms with Gasteiger partial charge in [0.1, 0.15) is 11.2 Å². The van der Waals surface area contributed by atoms with Crippen LogP contribution in [0.2, 0.25) is 0 Å². The van der Waals surface area contributed by atoms with Gasteiger partial charge in [0.05, 0.1) is 7.11 Å². The highest BCUT2D eigenvalue weighted by Crippen LogP contribution is 2.46. The normalized spacial score (nSPS) is 14.7. The molecule has 0 aromatic heterocycles. The van der Waals surface area contributed by atoms with Gasteiger partial charge in [-0.15, -0.1) is 0 Å². The molecular formula is C16H15F3O. The van der Waals surface area contributed by atoms with Crippen LogP contribution in [-0.4, -0.2) is 13.3 Å².